The Kier molecular flexibility index (Phi) is 9.81. The lowest BCUT2D eigenvalue weighted by Crippen LogP contribution is -2.12. The van der Waals surface area contributed by atoms with Crippen molar-refractivity contribution in [1.29, 1.82) is 0 Å². The van der Waals surface area contributed by atoms with Crippen molar-refractivity contribution in [1.82, 2.24) is 43.6 Å². The Hall–Kier alpha value is -9.60. The number of benzene rings is 9. The second kappa shape index (κ2) is 17.0. The van der Waals surface area contributed by atoms with Gasteiger partial charge in [0.25, 0.3) is 0 Å². The summed E-state index contributed by atoms with van der Waals surface area (Å²) in [5.74, 6) is 5.02. The Labute approximate surface area is 439 Å². The van der Waals surface area contributed by atoms with Gasteiger partial charge in [-0.3, -0.25) is 13.7 Å². The highest BCUT2D eigenvalue weighted by Gasteiger charge is 2.30. The van der Waals surface area contributed by atoms with Crippen LogP contribution in [0, 0.1) is 0 Å². The van der Waals surface area contributed by atoms with E-state index >= 15 is 0 Å². The van der Waals surface area contributed by atoms with Gasteiger partial charge in [0.1, 0.15) is 17.5 Å². The van der Waals surface area contributed by atoms with E-state index in [4.69, 9.17) is 29.9 Å². The molecule has 13 aromatic rings. The normalized spacial score (nSPS) is 14.4. The molecule has 15 rings (SSSR count). The maximum Gasteiger partial charge on any atom is 0.164 e. The van der Waals surface area contributed by atoms with Crippen LogP contribution in [0.25, 0.3) is 118 Å². The summed E-state index contributed by atoms with van der Waals surface area (Å²) in [7, 11) is 0. The molecule has 0 saturated carbocycles. The lowest BCUT2D eigenvalue weighted by atomic mass is 9.88. The number of hydrogen-bond acceptors (Lipinski definition) is 6. The van der Waals surface area contributed by atoms with Crippen LogP contribution in [0.5, 0.6) is 0 Å². The minimum Gasteiger partial charge on any atom is -0.292 e. The van der Waals surface area contributed by atoms with E-state index in [-0.39, 0.29) is 11.8 Å². The summed E-state index contributed by atoms with van der Waals surface area (Å²) in [6.07, 6.45) is 0. The summed E-state index contributed by atoms with van der Waals surface area (Å²) in [5.41, 5.74) is 21.4. The first-order chi connectivity index (χ1) is 37.3. The van der Waals surface area contributed by atoms with Crippen LogP contribution in [0.3, 0.4) is 0 Å². The predicted octanol–water partition coefficient (Wildman–Crippen LogP) is 15.9. The van der Waals surface area contributed by atoms with E-state index in [9.17, 15) is 0 Å². The summed E-state index contributed by atoms with van der Waals surface area (Å²) in [6, 6.07) is 72.8. The summed E-state index contributed by atoms with van der Waals surface area (Å²) < 4.78 is 6.97. The zero-order valence-corrected chi connectivity index (χ0v) is 42.4. The Morgan fingerprint density at radius 3 is 1.20 bits per heavy atom. The average molecular weight is 980 g/mol. The van der Waals surface area contributed by atoms with Crippen LogP contribution < -0.4 is 0 Å². The first-order valence-electron chi connectivity index (χ1n) is 26.2. The molecule has 4 aromatic heterocycles. The second-order valence-corrected chi connectivity index (χ2v) is 20.6. The lowest BCUT2D eigenvalue weighted by Gasteiger charge is -2.26. The molecule has 9 aromatic carbocycles. The van der Waals surface area contributed by atoms with Crippen LogP contribution in [0.4, 0.5) is 0 Å². The number of aromatic nitrogens is 9. The van der Waals surface area contributed by atoms with E-state index in [1.807, 2.05) is 0 Å². The molecule has 76 heavy (non-hydrogen) atoms. The molecule has 9 nitrogen and oxygen atoms in total. The quantitative estimate of drug-likeness (QED) is 0.151. The second-order valence-electron chi connectivity index (χ2n) is 20.6. The van der Waals surface area contributed by atoms with Crippen molar-refractivity contribution in [2.24, 2.45) is 0 Å². The highest BCUT2D eigenvalue weighted by Crippen LogP contribution is 2.45. The predicted molar refractivity (Wildman–Crippen MR) is 305 cm³/mol. The molecule has 0 fully saturated rings. The third-order valence-corrected chi connectivity index (χ3v) is 15.8. The molecular formula is C67H49N9. The fourth-order valence-electron chi connectivity index (χ4n) is 12.1. The third kappa shape index (κ3) is 6.71. The third-order valence-electron chi connectivity index (χ3n) is 15.8. The standard InChI is InChI=1S/C67H49N9/c1-39(2)48-24-5-9-32-56(48)74-59-35-12-8-29-53(59)68-65(74)45-21-13-18-42(36-45)62-71-63(43-19-14-22-46(37-43)66-69-54-30-16-27-51-40(3)49-25-6-10-33-57(49)75(66)60(51)54)73-64(72-62)44-20-15-23-47(38-44)67-70-55-31-17-28-52-41(4)50-26-7-11-34-58(50)76(67)61(52)55/h5-41H,1-4H3. The number of fused-ring (bicyclic) bond motifs is 5. The molecule has 2 atom stereocenters. The maximum atomic E-state index is 5.38. The zero-order chi connectivity index (χ0) is 50.8. The topological polar surface area (TPSA) is 92.1 Å². The van der Waals surface area contributed by atoms with Gasteiger partial charge in [-0.05, 0) is 94.4 Å². The van der Waals surface area contributed by atoms with Crippen molar-refractivity contribution in [2.45, 2.75) is 45.4 Å². The van der Waals surface area contributed by atoms with Gasteiger partial charge in [-0.25, -0.2) is 29.9 Å². The SMILES string of the molecule is CC(C)c1ccccc1-n1c(-c2cccc(-c3nc(-c4cccc(-c5nc6cccc7c6n5-c5ccccc5C7C)c4)nc(-c4cccc(-c5nc6cccc7c6n5-c5ccccc5C7C)c4)n3)c2)nc2ccccc21. The molecule has 9 heteroatoms. The van der Waals surface area contributed by atoms with E-state index in [0.29, 0.717) is 23.4 Å². The Morgan fingerprint density at radius 1 is 0.329 bits per heavy atom. The Balaban J connectivity index is 0.918. The molecule has 0 saturated heterocycles. The van der Waals surface area contributed by atoms with Crippen molar-refractivity contribution in [3.05, 3.63) is 234 Å². The molecule has 0 N–H and O–H groups in total. The minimum absolute atomic E-state index is 0.241. The molecule has 2 unspecified atom stereocenters. The van der Waals surface area contributed by atoms with E-state index in [1.165, 1.54) is 27.8 Å². The van der Waals surface area contributed by atoms with Crippen molar-refractivity contribution >= 4 is 33.1 Å². The van der Waals surface area contributed by atoms with Crippen LogP contribution >= 0.6 is 0 Å². The molecule has 0 aliphatic carbocycles. The van der Waals surface area contributed by atoms with Crippen molar-refractivity contribution < 1.29 is 0 Å². The van der Waals surface area contributed by atoms with E-state index in [2.05, 4.69) is 248 Å². The molecule has 6 heterocycles. The van der Waals surface area contributed by atoms with Gasteiger partial charge in [0.15, 0.2) is 17.5 Å². The van der Waals surface area contributed by atoms with Gasteiger partial charge in [0, 0.05) is 45.2 Å². The highest BCUT2D eigenvalue weighted by molar-refractivity contribution is 5.92. The number of para-hydroxylation sites is 7. The molecule has 0 spiro atoms. The molecule has 0 bridgehead atoms. The maximum absolute atomic E-state index is 5.38. The number of hydrogen-bond donors (Lipinski definition) is 0. The molecule has 362 valence electrons. The van der Waals surface area contributed by atoms with Gasteiger partial charge in [0.05, 0.1) is 50.2 Å². The molecule has 2 aliphatic heterocycles. The van der Waals surface area contributed by atoms with Crippen LogP contribution in [0.2, 0.25) is 0 Å². The largest absolute Gasteiger partial charge is 0.292 e. The Morgan fingerprint density at radius 2 is 0.697 bits per heavy atom. The van der Waals surface area contributed by atoms with Gasteiger partial charge < -0.3 is 0 Å². The van der Waals surface area contributed by atoms with Gasteiger partial charge >= 0.3 is 0 Å². The molecular weight excluding hydrogens is 931 g/mol. The molecule has 2 aliphatic rings. The zero-order valence-electron chi connectivity index (χ0n) is 42.4. The minimum atomic E-state index is 0.241. The molecule has 0 amide bonds. The van der Waals surface area contributed by atoms with Crippen molar-refractivity contribution in [2.75, 3.05) is 0 Å². The first kappa shape index (κ1) is 43.9. The van der Waals surface area contributed by atoms with Crippen LogP contribution in [-0.2, 0) is 0 Å². The Bertz CT molecular complexity index is 4320. The molecule has 0 radical (unpaired) electrons. The first-order valence-corrected chi connectivity index (χ1v) is 26.2. The van der Waals surface area contributed by atoms with Gasteiger partial charge in [-0.1, -0.05) is 173 Å². The summed E-state index contributed by atoms with van der Waals surface area (Å²) >= 11 is 0. The van der Waals surface area contributed by atoms with E-state index in [1.54, 1.807) is 0 Å². The van der Waals surface area contributed by atoms with Crippen LogP contribution in [0.1, 0.15) is 73.3 Å². The number of imidazole rings is 3. The smallest absolute Gasteiger partial charge is 0.164 e. The van der Waals surface area contributed by atoms with Gasteiger partial charge in [-0.2, -0.15) is 0 Å². The van der Waals surface area contributed by atoms with Crippen LogP contribution in [-0.4, -0.2) is 43.6 Å². The fourth-order valence-corrected chi connectivity index (χ4v) is 12.1. The lowest BCUT2D eigenvalue weighted by molar-refractivity contribution is 0.851. The van der Waals surface area contributed by atoms with Gasteiger partial charge in [0.2, 0.25) is 0 Å². The van der Waals surface area contributed by atoms with E-state index < -0.39 is 0 Å². The summed E-state index contributed by atoms with van der Waals surface area (Å²) in [5, 5.41) is 0. The van der Waals surface area contributed by atoms with Crippen LogP contribution in [0.15, 0.2) is 206 Å². The summed E-state index contributed by atoms with van der Waals surface area (Å²) in [6.45, 7) is 9.06. The summed E-state index contributed by atoms with van der Waals surface area (Å²) in [4.78, 5) is 32.1. The van der Waals surface area contributed by atoms with Crippen molar-refractivity contribution in [3.8, 4) is 85.4 Å². The number of nitrogens with zero attached hydrogens (tertiary/aromatic N) is 9. The monoisotopic (exact) mass is 979 g/mol. The van der Waals surface area contributed by atoms with E-state index in [0.717, 1.165) is 101 Å². The fraction of sp³-hybridized carbons (Fsp3) is 0.104. The number of rotatable bonds is 8. The van der Waals surface area contributed by atoms with Gasteiger partial charge in [-0.15, -0.1) is 0 Å². The van der Waals surface area contributed by atoms with Crippen molar-refractivity contribution in [3.63, 3.8) is 0 Å². The average Bonchev–Trinajstić information content (AvgIpc) is 4.25. The highest BCUT2D eigenvalue weighted by atomic mass is 15.1.